The molecule has 0 aliphatic carbocycles. The fraction of sp³-hybridized carbons (Fsp3) is 0.594. The first-order valence-electron chi connectivity index (χ1n) is 14.4. The number of methoxy groups -OCH3 is 1. The Kier molecular flexibility index (Phi) is 12.2. The van der Waals surface area contributed by atoms with Gasteiger partial charge in [0.05, 0.1) is 5.60 Å². The number of likely N-dealkylation sites (tertiary alicyclic amines) is 1. The maximum absolute atomic E-state index is 13.3. The second-order valence-electron chi connectivity index (χ2n) is 11.1. The van der Waals surface area contributed by atoms with Crippen LogP contribution < -0.4 is 4.74 Å². The molecule has 1 saturated heterocycles. The number of hydrogen-bond acceptors (Lipinski definition) is 6. The molecule has 1 heterocycles. The van der Waals surface area contributed by atoms with Crippen LogP contribution in [-0.2, 0) is 21.6 Å². The molecule has 2 aromatic rings. The van der Waals surface area contributed by atoms with Crippen LogP contribution in [0.2, 0.25) is 0 Å². The van der Waals surface area contributed by atoms with Crippen molar-refractivity contribution in [3.05, 3.63) is 59.7 Å². The molecule has 0 aromatic heterocycles. The van der Waals surface area contributed by atoms with E-state index in [2.05, 4.69) is 13.0 Å². The third-order valence-corrected chi connectivity index (χ3v) is 7.88. The maximum atomic E-state index is 13.3. The number of aliphatic hydroxyl groups is 2. The lowest BCUT2D eigenvalue weighted by atomic mass is 9.73. The fourth-order valence-electron chi connectivity index (χ4n) is 5.80. The van der Waals surface area contributed by atoms with Crippen LogP contribution in [0.15, 0.2) is 48.5 Å². The first-order valence-corrected chi connectivity index (χ1v) is 14.4. The molecule has 0 radical (unpaired) electrons. The number of rotatable bonds is 15. The predicted molar refractivity (Wildman–Crippen MR) is 155 cm³/mol. The molecular formula is C32H48N2O5. The lowest BCUT2D eigenvalue weighted by Crippen LogP contribution is -2.48. The van der Waals surface area contributed by atoms with Gasteiger partial charge < -0.3 is 29.5 Å². The second-order valence-corrected chi connectivity index (χ2v) is 11.1. The number of nitrogens with zero attached hydrogens (tertiary/aromatic N) is 2. The average molecular weight is 541 g/mol. The number of amides is 1. The van der Waals surface area contributed by atoms with Gasteiger partial charge >= 0.3 is 0 Å². The summed E-state index contributed by atoms with van der Waals surface area (Å²) >= 11 is 0. The van der Waals surface area contributed by atoms with Gasteiger partial charge in [0.2, 0.25) is 5.91 Å². The van der Waals surface area contributed by atoms with Crippen LogP contribution in [0.3, 0.4) is 0 Å². The van der Waals surface area contributed by atoms with Crippen molar-refractivity contribution in [1.29, 1.82) is 0 Å². The van der Waals surface area contributed by atoms with Gasteiger partial charge in [-0.1, -0.05) is 43.3 Å². The van der Waals surface area contributed by atoms with Crippen LogP contribution in [0.5, 0.6) is 11.5 Å². The Morgan fingerprint density at radius 1 is 1.13 bits per heavy atom. The number of carbonyl (C=O) groups excluding carboxylic acids is 1. The van der Waals surface area contributed by atoms with E-state index >= 15 is 0 Å². The van der Waals surface area contributed by atoms with Crippen LogP contribution in [0, 0.1) is 11.8 Å². The van der Waals surface area contributed by atoms with E-state index < -0.39 is 5.60 Å². The highest BCUT2D eigenvalue weighted by Gasteiger charge is 2.43. The van der Waals surface area contributed by atoms with Crippen molar-refractivity contribution in [2.24, 2.45) is 11.8 Å². The van der Waals surface area contributed by atoms with E-state index in [9.17, 15) is 15.0 Å². The van der Waals surface area contributed by atoms with Crippen molar-refractivity contribution in [3.8, 4) is 11.5 Å². The third kappa shape index (κ3) is 8.52. The normalized spacial score (nSPS) is 18.1. The van der Waals surface area contributed by atoms with Crippen LogP contribution in [-0.4, -0.2) is 80.0 Å². The van der Waals surface area contributed by atoms with E-state index in [4.69, 9.17) is 9.47 Å². The summed E-state index contributed by atoms with van der Waals surface area (Å²) < 4.78 is 11.8. The van der Waals surface area contributed by atoms with Gasteiger partial charge in [0.1, 0.15) is 11.5 Å². The summed E-state index contributed by atoms with van der Waals surface area (Å²) in [5.41, 5.74) is 0.722. The van der Waals surface area contributed by atoms with Crippen molar-refractivity contribution >= 4 is 5.91 Å². The SMILES string of the molecule is CCc1ccccc1Oc1ccccc1[C@](O)(CCCCOC)[C@@H]1CCCN(C(=O)C[C@@H](CO)CN(C)C)C1. The number of carbonyl (C=O) groups is 1. The molecule has 7 heteroatoms. The maximum Gasteiger partial charge on any atom is 0.222 e. The Morgan fingerprint density at radius 2 is 1.85 bits per heavy atom. The summed E-state index contributed by atoms with van der Waals surface area (Å²) in [5, 5.41) is 22.4. The van der Waals surface area contributed by atoms with Gasteiger partial charge in [0.15, 0.2) is 0 Å². The Balaban J connectivity index is 1.89. The minimum absolute atomic E-state index is 0.0193. The molecule has 2 aromatic carbocycles. The minimum atomic E-state index is -1.16. The molecule has 0 spiro atoms. The van der Waals surface area contributed by atoms with Crippen molar-refractivity contribution in [2.45, 2.75) is 57.5 Å². The topological polar surface area (TPSA) is 82.5 Å². The molecule has 2 N–H and O–H groups in total. The van der Waals surface area contributed by atoms with Crippen LogP contribution in [0.4, 0.5) is 0 Å². The van der Waals surface area contributed by atoms with Gasteiger partial charge in [-0.05, 0) is 70.3 Å². The van der Waals surface area contributed by atoms with Gasteiger partial charge in [-0.2, -0.15) is 0 Å². The molecule has 1 fully saturated rings. The number of para-hydroxylation sites is 2. The zero-order valence-corrected chi connectivity index (χ0v) is 24.3. The summed E-state index contributed by atoms with van der Waals surface area (Å²) in [7, 11) is 5.60. The number of aliphatic hydroxyl groups excluding tert-OH is 1. The Morgan fingerprint density at radius 3 is 2.54 bits per heavy atom. The quantitative estimate of drug-likeness (QED) is 0.315. The molecule has 3 atom stereocenters. The lowest BCUT2D eigenvalue weighted by Gasteiger charge is -2.43. The molecule has 7 nitrogen and oxygen atoms in total. The molecule has 216 valence electrons. The van der Waals surface area contributed by atoms with Gasteiger partial charge in [-0.3, -0.25) is 4.79 Å². The summed E-state index contributed by atoms with van der Waals surface area (Å²) in [6.45, 7) is 4.55. The van der Waals surface area contributed by atoms with Gasteiger partial charge in [0.25, 0.3) is 0 Å². The molecule has 1 aliphatic rings. The highest BCUT2D eigenvalue weighted by atomic mass is 16.5. The number of hydrogen-bond donors (Lipinski definition) is 2. The molecule has 1 aliphatic heterocycles. The number of aryl methyl sites for hydroxylation is 1. The Bertz CT molecular complexity index is 1030. The Labute approximate surface area is 234 Å². The van der Waals surface area contributed by atoms with Crippen molar-refractivity contribution < 1.29 is 24.5 Å². The van der Waals surface area contributed by atoms with Gasteiger partial charge in [-0.25, -0.2) is 0 Å². The van der Waals surface area contributed by atoms with E-state index in [1.807, 2.05) is 66.4 Å². The highest BCUT2D eigenvalue weighted by Crippen LogP contribution is 2.44. The van der Waals surface area contributed by atoms with Crippen LogP contribution in [0.1, 0.15) is 56.6 Å². The molecule has 0 bridgehead atoms. The first-order chi connectivity index (χ1) is 18.8. The molecule has 1 amide bonds. The van der Waals surface area contributed by atoms with Crippen molar-refractivity contribution in [3.63, 3.8) is 0 Å². The smallest absolute Gasteiger partial charge is 0.222 e. The molecule has 0 unspecified atom stereocenters. The number of unbranched alkanes of at least 4 members (excludes halogenated alkanes) is 1. The minimum Gasteiger partial charge on any atom is -0.457 e. The zero-order valence-electron chi connectivity index (χ0n) is 24.3. The largest absolute Gasteiger partial charge is 0.457 e. The third-order valence-electron chi connectivity index (χ3n) is 7.88. The second kappa shape index (κ2) is 15.4. The zero-order chi connectivity index (χ0) is 28.3. The number of piperidine rings is 1. The lowest BCUT2D eigenvalue weighted by molar-refractivity contribution is -0.138. The van der Waals surface area contributed by atoms with E-state index in [-0.39, 0.29) is 24.3 Å². The Hall–Kier alpha value is -2.45. The van der Waals surface area contributed by atoms with Crippen molar-refractivity contribution in [2.75, 3.05) is 54.1 Å². The first kappa shape index (κ1) is 31.1. The van der Waals surface area contributed by atoms with Gasteiger partial charge in [-0.15, -0.1) is 0 Å². The summed E-state index contributed by atoms with van der Waals surface area (Å²) in [4.78, 5) is 17.2. The van der Waals surface area contributed by atoms with Gasteiger partial charge in [0, 0.05) is 63.8 Å². The predicted octanol–water partition coefficient (Wildman–Crippen LogP) is 4.84. The fourth-order valence-corrected chi connectivity index (χ4v) is 5.80. The summed E-state index contributed by atoms with van der Waals surface area (Å²) in [5.74, 6) is 1.26. The van der Waals surface area contributed by atoms with E-state index in [0.717, 1.165) is 49.0 Å². The number of benzene rings is 2. The highest BCUT2D eigenvalue weighted by molar-refractivity contribution is 5.76. The number of ether oxygens (including phenoxy) is 2. The monoisotopic (exact) mass is 540 g/mol. The molecule has 0 saturated carbocycles. The summed E-state index contributed by atoms with van der Waals surface area (Å²) in [6.07, 6.45) is 5.01. The molecule has 39 heavy (non-hydrogen) atoms. The average Bonchev–Trinajstić information content (AvgIpc) is 2.95. The standard InChI is InChI=1S/C32H48N2O5/c1-5-26-13-6-8-16-29(26)39-30-17-9-7-15-28(30)32(37,18-10-11-20-38-4)27-14-12-19-34(23-27)31(36)21-25(24-35)22-33(2)3/h6-9,13,15-17,25,27,35,37H,5,10-12,14,18-24H2,1-4H3/t25-,27-,32+/m1/s1. The summed E-state index contributed by atoms with van der Waals surface area (Å²) in [6, 6.07) is 15.8. The van der Waals surface area contributed by atoms with Crippen molar-refractivity contribution in [1.82, 2.24) is 9.80 Å². The van der Waals surface area contributed by atoms with E-state index in [0.29, 0.717) is 44.8 Å². The van der Waals surface area contributed by atoms with Crippen LogP contribution >= 0.6 is 0 Å². The molecule has 3 rings (SSSR count). The van der Waals surface area contributed by atoms with Crippen LogP contribution in [0.25, 0.3) is 0 Å². The molecular weight excluding hydrogens is 492 g/mol. The van der Waals surface area contributed by atoms with E-state index in [1.54, 1.807) is 7.11 Å². The van der Waals surface area contributed by atoms with E-state index in [1.165, 1.54) is 0 Å².